The zero-order chi connectivity index (χ0) is 16.4. The lowest BCUT2D eigenvalue weighted by Gasteiger charge is -2.24. The number of hydrogen-bond donors (Lipinski definition) is 2. The minimum atomic E-state index is -0.385. The van der Waals surface area contributed by atoms with E-state index in [9.17, 15) is 14.9 Å². The van der Waals surface area contributed by atoms with E-state index in [1.165, 1.54) is 31.7 Å². The Balaban J connectivity index is 0.00000208. The van der Waals surface area contributed by atoms with Crippen molar-refractivity contribution in [2.24, 2.45) is 5.92 Å². The van der Waals surface area contributed by atoms with Gasteiger partial charge in [0.15, 0.2) is 0 Å². The van der Waals surface area contributed by atoms with Crippen molar-refractivity contribution in [3.05, 3.63) is 39.4 Å². The molecule has 0 spiro atoms. The first kappa shape index (κ1) is 18.7. The van der Waals surface area contributed by atoms with E-state index in [2.05, 4.69) is 10.6 Å². The van der Waals surface area contributed by atoms with Gasteiger partial charge in [-0.05, 0) is 37.7 Å². The molecule has 1 aromatic rings. The van der Waals surface area contributed by atoms with Gasteiger partial charge in [-0.2, -0.15) is 0 Å². The molecule has 1 aliphatic heterocycles. The molecule has 2 fully saturated rings. The van der Waals surface area contributed by atoms with Crippen molar-refractivity contribution >= 4 is 24.0 Å². The Bertz CT molecular complexity index is 609. The summed E-state index contributed by atoms with van der Waals surface area (Å²) >= 11 is 0. The van der Waals surface area contributed by atoms with E-state index < -0.39 is 0 Å². The highest BCUT2D eigenvalue weighted by atomic mass is 35.5. The summed E-state index contributed by atoms with van der Waals surface area (Å²) in [6.07, 6.45) is 5.80. The Labute approximate surface area is 148 Å². The molecule has 6 nitrogen and oxygen atoms in total. The number of hydrogen-bond acceptors (Lipinski definition) is 4. The molecule has 2 N–H and O–H groups in total. The van der Waals surface area contributed by atoms with Crippen LogP contribution in [0, 0.1) is 23.0 Å². The van der Waals surface area contributed by atoms with Crippen molar-refractivity contribution in [3.8, 4) is 0 Å². The zero-order valence-corrected chi connectivity index (χ0v) is 14.6. The van der Waals surface area contributed by atoms with Crippen LogP contribution in [0.3, 0.4) is 0 Å². The molecule has 24 heavy (non-hydrogen) atoms. The molecular formula is C17H24ClN3O3. The Hall–Kier alpha value is -1.66. The highest BCUT2D eigenvalue weighted by molar-refractivity contribution is 5.85. The minimum Gasteiger partial charge on any atom is -0.351 e. The number of carbonyl (C=O) groups is 1. The molecule has 1 aliphatic carbocycles. The van der Waals surface area contributed by atoms with Crippen LogP contribution < -0.4 is 10.6 Å². The maximum Gasteiger partial charge on any atom is 0.272 e. The summed E-state index contributed by atoms with van der Waals surface area (Å²) in [5, 5.41) is 17.4. The number of amides is 1. The fourth-order valence-electron chi connectivity index (χ4n) is 3.89. The number of nitrogens with one attached hydrogen (secondary N) is 2. The molecule has 2 aliphatic rings. The van der Waals surface area contributed by atoms with Crippen molar-refractivity contribution in [3.63, 3.8) is 0 Å². The van der Waals surface area contributed by atoms with Gasteiger partial charge in [0.05, 0.1) is 11.0 Å². The summed E-state index contributed by atoms with van der Waals surface area (Å²) < 4.78 is 0. The lowest BCUT2D eigenvalue weighted by atomic mass is 9.85. The summed E-state index contributed by atoms with van der Waals surface area (Å²) in [4.78, 5) is 23.0. The Morgan fingerprint density at radius 3 is 2.83 bits per heavy atom. The van der Waals surface area contributed by atoms with Crippen LogP contribution in [-0.2, 0) is 11.3 Å². The van der Waals surface area contributed by atoms with Gasteiger partial charge < -0.3 is 10.6 Å². The molecule has 0 aromatic heterocycles. The molecule has 3 unspecified atom stereocenters. The largest absolute Gasteiger partial charge is 0.351 e. The topological polar surface area (TPSA) is 84.3 Å². The second-order valence-electron chi connectivity index (χ2n) is 6.64. The molecule has 0 bridgehead atoms. The van der Waals surface area contributed by atoms with Crippen molar-refractivity contribution < 1.29 is 9.72 Å². The molecular weight excluding hydrogens is 330 g/mol. The highest BCUT2D eigenvalue weighted by Gasteiger charge is 2.38. The van der Waals surface area contributed by atoms with Gasteiger partial charge in [-0.1, -0.05) is 25.0 Å². The third-order valence-electron chi connectivity index (χ3n) is 5.25. The third-order valence-corrected chi connectivity index (χ3v) is 5.25. The molecule has 3 atom stereocenters. The minimum absolute atomic E-state index is 0. The monoisotopic (exact) mass is 353 g/mol. The molecule has 1 heterocycles. The van der Waals surface area contributed by atoms with Crippen LogP contribution >= 0.6 is 12.4 Å². The van der Waals surface area contributed by atoms with Crippen LogP contribution in [0.15, 0.2) is 18.2 Å². The lowest BCUT2D eigenvalue weighted by molar-refractivity contribution is -0.385. The third kappa shape index (κ3) is 3.87. The quantitative estimate of drug-likeness (QED) is 0.644. The van der Waals surface area contributed by atoms with Gasteiger partial charge in [0, 0.05) is 24.2 Å². The number of rotatable bonds is 4. The van der Waals surface area contributed by atoms with Crippen molar-refractivity contribution in [1.29, 1.82) is 0 Å². The van der Waals surface area contributed by atoms with Gasteiger partial charge in [-0.3, -0.25) is 14.9 Å². The Morgan fingerprint density at radius 1 is 1.38 bits per heavy atom. The number of fused-ring (bicyclic) bond motifs is 1. The van der Waals surface area contributed by atoms with Crippen LogP contribution in [0.5, 0.6) is 0 Å². The van der Waals surface area contributed by atoms with Crippen LogP contribution in [0.1, 0.15) is 43.2 Å². The van der Waals surface area contributed by atoms with E-state index in [0.29, 0.717) is 24.1 Å². The van der Waals surface area contributed by atoms with Gasteiger partial charge in [0.2, 0.25) is 5.91 Å². The smallest absolute Gasteiger partial charge is 0.272 e. The molecule has 7 heteroatoms. The standard InChI is InChI=1S/C17H23N3O3.ClH/c1-11-13(6-4-8-16(11)20(22)23)10-18-17(21)15-9-12-5-2-3-7-14(12)19-15;/h4,6,8,12,14-15,19H,2-3,5,7,9-10H2,1H3,(H,18,21);1H. The number of halogens is 1. The van der Waals surface area contributed by atoms with E-state index in [1.807, 2.05) is 6.07 Å². The van der Waals surface area contributed by atoms with Crippen LogP contribution in [0.2, 0.25) is 0 Å². The van der Waals surface area contributed by atoms with Crippen molar-refractivity contribution in [2.75, 3.05) is 0 Å². The van der Waals surface area contributed by atoms with Crippen molar-refractivity contribution in [1.82, 2.24) is 10.6 Å². The predicted octanol–water partition coefficient (Wildman–Crippen LogP) is 2.86. The van der Waals surface area contributed by atoms with Crippen LogP contribution in [-0.4, -0.2) is 22.9 Å². The predicted molar refractivity (Wildman–Crippen MR) is 94.2 cm³/mol. The maximum absolute atomic E-state index is 12.4. The molecule has 1 saturated carbocycles. The fraction of sp³-hybridized carbons (Fsp3) is 0.588. The summed E-state index contributed by atoms with van der Waals surface area (Å²) in [6.45, 7) is 2.06. The first-order valence-corrected chi connectivity index (χ1v) is 8.33. The average molecular weight is 354 g/mol. The lowest BCUT2D eigenvalue weighted by Crippen LogP contribution is -2.42. The van der Waals surface area contributed by atoms with Crippen molar-refractivity contribution in [2.45, 2.75) is 57.7 Å². The number of benzene rings is 1. The second-order valence-corrected chi connectivity index (χ2v) is 6.64. The molecule has 1 amide bonds. The first-order valence-electron chi connectivity index (χ1n) is 8.33. The zero-order valence-electron chi connectivity index (χ0n) is 13.8. The second kappa shape index (κ2) is 7.94. The Kier molecular flexibility index (Phi) is 6.18. The number of nitro benzene ring substituents is 1. The normalized spacial score (nSPS) is 25.5. The number of carbonyl (C=O) groups excluding carboxylic acids is 1. The van der Waals surface area contributed by atoms with Gasteiger partial charge in [-0.15, -0.1) is 12.4 Å². The van der Waals surface area contributed by atoms with E-state index >= 15 is 0 Å². The summed E-state index contributed by atoms with van der Waals surface area (Å²) in [5.74, 6) is 0.629. The fourth-order valence-corrected chi connectivity index (χ4v) is 3.89. The number of nitrogens with zero attached hydrogens (tertiary/aromatic N) is 1. The Morgan fingerprint density at radius 2 is 2.12 bits per heavy atom. The molecule has 0 radical (unpaired) electrons. The molecule has 132 valence electrons. The van der Waals surface area contributed by atoms with Gasteiger partial charge in [-0.25, -0.2) is 0 Å². The molecule has 1 aromatic carbocycles. The maximum atomic E-state index is 12.4. The molecule has 3 rings (SSSR count). The number of nitro groups is 1. The van der Waals surface area contributed by atoms with Gasteiger partial charge in [0.25, 0.3) is 5.69 Å². The van der Waals surface area contributed by atoms with Crippen LogP contribution in [0.4, 0.5) is 5.69 Å². The van der Waals surface area contributed by atoms with Crippen LogP contribution in [0.25, 0.3) is 0 Å². The van der Waals surface area contributed by atoms with E-state index in [0.717, 1.165) is 12.0 Å². The highest BCUT2D eigenvalue weighted by Crippen LogP contribution is 2.33. The van der Waals surface area contributed by atoms with E-state index in [1.54, 1.807) is 13.0 Å². The van der Waals surface area contributed by atoms with Gasteiger partial charge >= 0.3 is 0 Å². The van der Waals surface area contributed by atoms with Gasteiger partial charge in [0.1, 0.15) is 0 Å². The van der Waals surface area contributed by atoms with E-state index in [4.69, 9.17) is 0 Å². The first-order chi connectivity index (χ1) is 11.1. The summed E-state index contributed by atoms with van der Waals surface area (Å²) in [5.41, 5.74) is 1.51. The van der Waals surface area contributed by atoms with E-state index in [-0.39, 0.29) is 35.0 Å². The summed E-state index contributed by atoms with van der Waals surface area (Å²) in [6, 6.07) is 5.34. The SMILES string of the molecule is Cc1c(CNC(=O)C2CC3CCCCC3N2)cccc1[N+](=O)[O-].Cl. The summed E-state index contributed by atoms with van der Waals surface area (Å²) in [7, 11) is 0. The molecule has 1 saturated heterocycles. The average Bonchev–Trinajstić information content (AvgIpc) is 2.97.